The Morgan fingerprint density at radius 3 is 2.74 bits per heavy atom. The van der Waals surface area contributed by atoms with Crippen molar-refractivity contribution in [2.45, 2.75) is 11.6 Å². The summed E-state index contributed by atoms with van der Waals surface area (Å²) in [6.07, 6.45) is 1.39. The van der Waals surface area contributed by atoms with Gasteiger partial charge in [-0.15, -0.1) is 0 Å². The Kier molecular flexibility index (Phi) is 4.29. The molecule has 1 aromatic heterocycles. The Morgan fingerprint density at radius 2 is 2.11 bits per heavy atom. The third-order valence-corrected chi connectivity index (χ3v) is 4.87. The van der Waals surface area contributed by atoms with E-state index in [-0.39, 0.29) is 11.6 Å². The molecule has 0 unspecified atom stereocenters. The number of H-pyrrole nitrogens is 1. The van der Waals surface area contributed by atoms with Crippen LogP contribution in [0.5, 0.6) is 0 Å². The molecule has 0 aliphatic carbocycles. The zero-order valence-corrected chi connectivity index (χ0v) is 13.5. The van der Waals surface area contributed by atoms with Gasteiger partial charge >= 0.3 is 0 Å². The summed E-state index contributed by atoms with van der Waals surface area (Å²) in [5, 5.41) is 6.11. The summed E-state index contributed by atoms with van der Waals surface area (Å²) in [6, 6.07) is 5.12. The molecule has 2 rings (SSSR count). The Labute approximate surface area is 127 Å². The predicted molar refractivity (Wildman–Crippen MR) is 79.1 cm³/mol. The third kappa shape index (κ3) is 3.16. The summed E-state index contributed by atoms with van der Waals surface area (Å²) in [6.45, 7) is 0.0915. The smallest absolute Gasteiger partial charge is 0.279 e. The SMILES string of the molecule is NCc1cn[nH]c1S(=O)(=O)Nc1ccc(Br)cc1Br. The molecule has 0 atom stereocenters. The molecule has 0 amide bonds. The molecular formula is C10H10Br2N4O2S. The van der Waals surface area contributed by atoms with Crippen molar-refractivity contribution in [3.05, 3.63) is 38.9 Å². The van der Waals surface area contributed by atoms with E-state index in [0.29, 0.717) is 15.7 Å². The van der Waals surface area contributed by atoms with Gasteiger partial charge in [0.15, 0.2) is 5.03 Å². The fraction of sp³-hybridized carbons (Fsp3) is 0.100. The zero-order valence-electron chi connectivity index (χ0n) is 9.52. The van der Waals surface area contributed by atoms with E-state index in [1.807, 2.05) is 0 Å². The number of aromatic nitrogens is 2. The molecule has 1 aromatic carbocycles. The molecule has 4 N–H and O–H groups in total. The monoisotopic (exact) mass is 408 g/mol. The van der Waals surface area contributed by atoms with Gasteiger partial charge in [-0.1, -0.05) is 15.9 Å². The summed E-state index contributed by atoms with van der Waals surface area (Å²) < 4.78 is 28.4. The van der Waals surface area contributed by atoms with Crippen LogP contribution in [-0.2, 0) is 16.6 Å². The van der Waals surface area contributed by atoms with Crippen LogP contribution in [0.25, 0.3) is 0 Å². The largest absolute Gasteiger partial charge is 0.326 e. The minimum Gasteiger partial charge on any atom is -0.326 e. The van der Waals surface area contributed by atoms with Crippen molar-refractivity contribution in [1.29, 1.82) is 0 Å². The minimum absolute atomic E-state index is 0.0233. The molecule has 102 valence electrons. The Balaban J connectivity index is 2.37. The number of sulfonamides is 1. The predicted octanol–water partition coefficient (Wildman–Crippen LogP) is 2.19. The number of hydrogen-bond acceptors (Lipinski definition) is 4. The first-order valence-electron chi connectivity index (χ1n) is 5.14. The quantitative estimate of drug-likeness (QED) is 0.720. The van der Waals surface area contributed by atoms with Crippen LogP contribution in [0.4, 0.5) is 5.69 Å². The highest BCUT2D eigenvalue weighted by Gasteiger charge is 2.21. The summed E-state index contributed by atoms with van der Waals surface area (Å²) in [5.41, 5.74) is 6.33. The summed E-state index contributed by atoms with van der Waals surface area (Å²) in [4.78, 5) is 0. The number of rotatable bonds is 4. The highest BCUT2D eigenvalue weighted by Crippen LogP contribution is 2.28. The molecule has 1 heterocycles. The van der Waals surface area contributed by atoms with Crippen molar-refractivity contribution < 1.29 is 8.42 Å². The number of anilines is 1. The molecule has 6 nitrogen and oxygen atoms in total. The van der Waals surface area contributed by atoms with Crippen LogP contribution in [-0.4, -0.2) is 18.6 Å². The Hall–Kier alpha value is -0.900. The lowest BCUT2D eigenvalue weighted by molar-refractivity contribution is 0.596. The second-order valence-corrected chi connectivity index (χ2v) is 7.05. The second kappa shape index (κ2) is 5.61. The van der Waals surface area contributed by atoms with E-state index in [1.54, 1.807) is 18.2 Å². The van der Waals surface area contributed by atoms with Crippen LogP contribution in [0.1, 0.15) is 5.56 Å². The van der Waals surface area contributed by atoms with Gasteiger partial charge in [0.1, 0.15) is 0 Å². The highest BCUT2D eigenvalue weighted by atomic mass is 79.9. The van der Waals surface area contributed by atoms with Crippen molar-refractivity contribution in [2.24, 2.45) is 5.73 Å². The fourth-order valence-electron chi connectivity index (χ4n) is 1.45. The topological polar surface area (TPSA) is 101 Å². The van der Waals surface area contributed by atoms with E-state index in [2.05, 4.69) is 46.8 Å². The molecule has 0 bridgehead atoms. The number of hydrogen-bond donors (Lipinski definition) is 3. The molecule has 2 aromatic rings. The molecule has 0 fully saturated rings. The van der Waals surface area contributed by atoms with Crippen LogP contribution >= 0.6 is 31.9 Å². The van der Waals surface area contributed by atoms with E-state index in [4.69, 9.17) is 5.73 Å². The number of aromatic amines is 1. The lowest BCUT2D eigenvalue weighted by atomic mass is 10.3. The zero-order chi connectivity index (χ0) is 14.0. The number of halogens is 2. The maximum absolute atomic E-state index is 12.2. The average Bonchev–Trinajstić information content (AvgIpc) is 2.82. The van der Waals surface area contributed by atoms with E-state index in [9.17, 15) is 8.42 Å². The number of benzene rings is 1. The number of nitrogens with two attached hydrogens (primary N) is 1. The summed E-state index contributed by atoms with van der Waals surface area (Å²) in [5.74, 6) is 0. The van der Waals surface area contributed by atoms with Crippen molar-refractivity contribution >= 4 is 47.6 Å². The van der Waals surface area contributed by atoms with Gasteiger partial charge in [-0.25, -0.2) is 0 Å². The average molecular weight is 410 g/mol. The van der Waals surface area contributed by atoms with Crippen LogP contribution in [0.2, 0.25) is 0 Å². The lowest BCUT2D eigenvalue weighted by Gasteiger charge is -2.09. The molecule has 0 saturated heterocycles. The Morgan fingerprint density at radius 1 is 1.37 bits per heavy atom. The van der Waals surface area contributed by atoms with Gasteiger partial charge in [0.25, 0.3) is 10.0 Å². The number of nitrogens with zero attached hydrogens (tertiary/aromatic N) is 1. The van der Waals surface area contributed by atoms with Gasteiger partial charge in [0.2, 0.25) is 0 Å². The minimum atomic E-state index is -3.74. The van der Waals surface area contributed by atoms with Crippen molar-refractivity contribution in [2.75, 3.05) is 4.72 Å². The highest BCUT2D eigenvalue weighted by molar-refractivity contribution is 9.11. The maximum Gasteiger partial charge on any atom is 0.279 e. The van der Waals surface area contributed by atoms with Gasteiger partial charge < -0.3 is 5.73 Å². The van der Waals surface area contributed by atoms with Gasteiger partial charge in [-0.05, 0) is 34.1 Å². The first-order valence-corrected chi connectivity index (χ1v) is 8.21. The molecular weight excluding hydrogens is 400 g/mol. The third-order valence-electron chi connectivity index (χ3n) is 2.34. The number of nitrogens with one attached hydrogen (secondary N) is 2. The summed E-state index contributed by atoms with van der Waals surface area (Å²) >= 11 is 6.59. The van der Waals surface area contributed by atoms with Crippen LogP contribution in [0.3, 0.4) is 0 Å². The van der Waals surface area contributed by atoms with E-state index in [1.165, 1.54) is 6.20 Å². The molecule has 0 radical (unpaired) electrons. The van der Waals surface area contributed by atoms with Gasteiger partial charge in [0.05, 0.1) is 11.9 Å². The van der Waals surface area contributed by atoms with Gasteiger partial charge in [-0.3, -0.25) is 9.82 Å². The molecule has 0 saturated carbocycles. The van der Waals surface area contributed by atoms with Crippen molar-refractivity contribution in [3.63, 3.8) is 0 Å². The summed E-state index contributed by atoms with van der Waals surface area (Å²) in [7, 11) is -3.74. The molecule has 0 aliphatic heterocycles. The first kappa shape index (κ1) is 14.5. The fourth-order valence-corrected chi connectivity index (χ4v) is 3.95. The molecule has 0 aliphatic rings. The van der Waals surface area contributed by atoms with Crippen molar-refractivity contribution in [1.82, 2.24) is 10.2 Å². The van der Waals surface area contributed by atoms with Gasteiger partial charge in [0, 0.05) is 21.1 Å². The lowest BCUT2D eigenvalue weighted by Crippen LogP contribution is -2.16. The molecule has 0 spiro atoms. The molecule has 9 heteroatoms. The van der Waals surface area contributed by atoms with Gasteiger partial charge in [-0.2, -0.15) is 13.5 Å². The standard InChI is InChI=1S/C10H10Br2N4O2S/c11-7-1-2-9(8(12)3-7)16-19(17,18)10-6(4-13)5-14-15-10/h1-3,5,16H,4,13H2,(H,14,15). The van der Waals surface area contributed by atoms with Crippen molar-refractivity contribution in [3.8, 4) is 0 Å². The van der Waals surface area contributed by atoms with E-state index >= 15 is 0 Å². The van der Waals surface area contributed by atoms with Crippen LogP contribution in [0.15, 0.2) is 38.4 Å². The van der Waals surface area contributed by atoms with Crippen LogP contribution in [0, 0.1) is 0 Å². The first-order chi connectivity index (χ1) is 8.94. The maximum atomic E-state index is 12.2. The second-order valence-electron chi connectivity index (χ2n) is 3.66. The normalized spacial score (nSPS) is 11.5. The van der Waals surface area contributed by atoms with E-state index in [0.717, 1.165) is 4.47 Å². The molecule has 19 heavy (non-hydrogen) atoms. The van der Waals surface area contributed by atoms with Crippen LogP contribution < -0.4 is 10.5 Å². The van der Waals surface area contributed by atoms with E-state index < -0.39 is 10.0 Å². The Bertz CT molecular complexity index is 699.